The molecule has 2 rings (SSSR count). The van der Waals surface area contributed by atoms with Gasteiger partial charge in [0.15, 0.2) is 0 Å². The lowest BCUT2D eigenvalue weighted by molar-refractivity contribution is -0.352. The maximum atomic E-state index is 11.9. The third kappa shape index (κ3) is 3.05. The number of nitrogens with one attached hydrogen (secondary N) is 1. The van der Waals surface area contributed by atoms with Crippen molar-refractivity contribution in [2.75, 3.05) is 13.1 Å². The van der Waals surface area contributed by atoms with Crippen LogP contribution >= 0.6 is 0 Å². The molecule has 1 aliphatic heterocycles. The van der Waals surface area contributed by atoms with E-state index in [2.05, 4.69) is 9.72 Å². The Labute approximate surface area is 105 Å². The summed E-state index contributed by atoms with van der Waals surface area (Å²) in [5, 5.41) is 0. The van der Waals surface area contributed by atoms with Gasteiger partial charge in [0.1, 0.15) is 17.5 Å². The molecule has 0 aliphatic carbocycles. The minimum atomic E-state index is -4.70. The Morgan fingerprint density at radius 3 is 2.37 bits per heavy atom. The van der Waals surface area contributed by atoms with Gasteiger partial charge in [0, 0.05) is 13.1 Å². The van der Waals surface area contributed by atoms with Gasteiger partial charge in [-0.1, -0.05) is 0 Å². The first-order valence-electron chi connectivity index (χ1n) is 5.29. The molecule has 1 aromatic heterocycles. The summed E-state index contributed by atoms with van der Waals surface area (Å²) in [4.78, 5) is 26.3. The Morgan fingerprint density at radius 1 is 1.32 bits per heavy atom. The number of aromatic amines is 1. The molecule has 0 saturated carbocycles. The number of ether oxygens (including phenoxy) is 1. The fourth-order valence-corrected chi connectivity index (χ4v) is 1.70. The number of H-pyrrole nitrogens is 1. The molecule has 0 spiro atoms. The predicted octanol–water partition coefficient (Wildman–Crippen LogP) is 0.474. The van der Waals surface area contributed by atoms with E-state index in [1.807, 2.05) is 0 Å². The zero-order chi connectivity index (χ0) is 14.2. The molecule has 3 N–H and O–H groups in total. The molecule has 104 valence electrons. The molecule has 0 radical (unpaired) electrons. The first kappa shape index (κ1) is 13.4. The number of primary amides is 1. The van der Waals surface area contributed by atoms with Crippen LogP contribution in [0.25, 0.3) is 0 Å². The van der Waals surface area contributed by atoms with Gasteiger partial charge in [-0.2, -0.15) is 0 Å². The minimum Gasteiger partial charge on any atom is -0.364 e. The summed E-state index contributed by atoms with van der Waals surface area (Å²) in [7, 11) is 0. The maximum Gasteiger partial charge on any atom is 0.522 e. The van der Waals surface area contributed by atoms with Crippen LogP contribution in [0.1, 0.15) is 21.0 Å². The third-order valence-electron chi connectivity index (χ3n) is 2.62. The molecule has 2 heterocycles. The van der Waals surface area contributed by atoms with Crippen molar-refractivity contribution in [3.63, 3.8) is 0 Å². The van der Waals surface area contributed by atoms with Gasteiger partial charge in [-0.25, -0.2) is 0 Å². The van der Waals surface area contributed by atoms with Gasteiger partial charge in [-0.3, -0.25) is 14.3 Å². The monoisotopic (exact) mass is 277 g/mol. The Hall–Kier alpha value is -2.03. The van der Waals surface area contributed by atoms with Crippen molar-refractivity contribution in [3.8, 4) is 0 Å². The van der Waals surface area contributed by atoms with Crippen LogP contribution in [0.15, 0.2) is 12.1 Å². The van der Waals surface area contributed by atoms with E-state index < -0.39 is 24.3 Å². The number of likely N-dealkylation sites (tertiary alicyclic amines) is 1. The van der Waals surface area contributed by atoms with Crippen LogP contribution in [0.3, 0.4) is 0 Å². The second-order valence-corrected chi connectivity index (χ2v) is 4.05. The Balaban J connectivity index is 1.91. The number of carbonyl (C=O) groups is 2. The maximum absolute atomic E-state index is 11.9. The highest BCUT2D eigenvalue weighted by atomic mass is 19.4. The molecule has 19 heavy (non-hydrogen) atoms. The molecular weight excluding hydrogens is 267 g/mol. The van der Waals surface area contributed by atoms with Crippen LogP contribution in [0.2, 0.25) is 0 Å². The van der Waals surface area contributed by atoms with Crippen molar-refractivity contribution in [1.29, 1.82) is 0 Å². The lowest BCUT2D eigenvalue weighted by atomic mass is 10.1. The lowest BCUT2D eigenvalue weighted by Crippen LogP contribution is -2.56. The fraction of sp³-hybridized carbons (Fsp3) is 0.400. The Kier molecular flexibility index (Phi) is 3.23. The molecule has 9 heteroatoms. The van der Waals surface area contributed by atoms with Crippen LogP contribution in [-0.4, -0.2) is 47.3 Å². The Morgan fingerprint density at radius 2 is 1.89 bits per heavy atom. The van der Waals surface area contributed by atoms with E-state index in [4.69, 9.17) is 5.73 Å². The number of carbonyl (C=O) groups excluding carboxylic acids is 2. The molecule has 1 aromatic rings. The van der Waals surface area contributed by atoms with E-state index in [1.165, 1.54) is 17.0 Å². The standard InChI is InChI=1S/C10H10F3N3O3/c11-10(12,13)19-5-3-16(4-5)9(18)7-2-1-6(15-7)8(14)17/h1-2,5,15H,3-4H2,(H2,14,17). The Bertz CT molecular complexity index is 506. The van der Waals surface area contributed by atoms with E-state index >= 15 is 0 Å². The molecule has 2 amide bonds. The number of amides is 2. The summed E-state index contributed by atoms with van der Waals surface area (Å²) in [6, 6.07) is 2.68. The summed E-state index contributed by atoms with van der Waals surface area (Å²) in [6.45, 7) is -0.299. The summed E-state index contributed by atoms with van der Waals surface area (Å²) in [5.41, 5.74) is 5.16. The molecule has 1 aliphatic rings. The van der Waals surface area contributed by atoms with E-state index in [-0.39, 0.29) is 24.5 Å². The largest absolute Gasteiger partial charge is 0.522 e. The summed E-state index contributed by atoms with van der Waals surface area (Å²) >= 11 is 0. The zero-order valence-electron chi connectivity index (χ0n) is 9.53. The highest BCUT2D eigenvalue weighted by Crippen LogP contribution is 2.24. The molecule has 1 saturated heterocycles. The van der Waals surface area contributed by atoms with Crippen molar-refractivity contribution in [2.24, 2.45) is 5.73 Å². The number of rotatable bonds is 3. The van der Waals surface area contributed by atoms with E-state index in [0.717, 1.165) is 0 Å². The number of nitrogens with two attached hydrogens (primary N) is 1. The van der Waals surface area contributed by atoms with Gasteiger partial charge in [-0.15, -0.1) is 13.2 Å². The highest BCUT2D eigenvalue weighted by Gasteiger charge is 2.41. The topological polar surface area (TPSA) is 88.4 Å². The molecular formula is C10H10F3N3O3. The van der Waals surface area contributed by atoms with Gasteiger partial charge in [0.05, 0.1) is 0 Å². The molecule has 0 atom stereocenters. The SMILES string of the molecule is NC(=O)c1ccc(C(=O)N2CC(OC(F)(F)F)C2)[nH]1. The number of aromatic nitrogens is 1. The smallest absolute Gasteiger partial charge is 0.364 e. The quantitative estimate of drug-likeness (QED) is 0.842. The van der Waals surface area contributed by atoms with Crippen molar-refractivity contribution in [1.82, 2.24) is 9.88 Å². The average Bonchev–Trinajstić information content (AvgIpc) is 2.69. The van der Waals surface area contributed by atoms with Crippen LogP contribution in [0.5, 0.6) is 0 Å². The average molecular weight is 277 g/mol. The van der Waals surface area contributed by atoms with E-state index in [0.29, 0.717) is 0 Å². The summed E-state index contributed by atoms with van der Waals surface area (Å²) in [5.74, 6) is -1.23. The van der Waals surface area contributed by atoms with Crippen LogP contribution in [0, 0.1) is 0 Å². The first-order valence-corrected chi connectivity index (χ1v) is 5.29. The van der Waals surface area contributed by atoms with E-state index in [9.17, 15) is 22.8 Å². The minimum absolute atomic E-state index is 0.0620. The molecule has 1 fully saturated rings. The van der Waals surface area contributed by atoms with E-state index in [1.54, 1.807) is 0 Å². The van der Waals surface area contributed by atoms with Crippen molar-refractivity contribution >= 4 is 11.8 Å². The fourth-order valence-electron chi connectivity index (χ4n) is 1.70. The van der Waals surface area contributed by atoms with Crippen molar-refractivity contribution in [2.45, 2.75) is 12.5 Å². The summed E-state index contributed by atoms with van der Waals surface area (Å²) < 4.78 is 39.4. The molecule has 0 aromatic carbocycles. The lowest BCUT2D eigenvalue weighted by Gasteiger charge is -2.38. The second kappa shape index (κ2) is 4.57. The van der Waals surface area contributed by atoms with Crippen molar-refractivity contribution in [3.05, 3.63) is 23.5 Å². The molecule has 6 nitrogen and oxygen atoms in total. The molecule has 0 bridgehead atoms. The van der Waals surface area contributed by atoms with Crippen LogP contribution in [-0.2, 0) is 4.74 Å². The number of alkyl halides is 3. The highest BCUT2D eigenvalue weighted by molar-refractivity contribution is 5.97. The number of hydrogen-bond acceptors (Lipinski definition) is 3. The van der Waals surface area contributed by atoms with Gasteiger partial charge in [-0.05, 0) is 12.1 Å². The normalized spacial score (nSPS) is 16.3. The van der Waals surface area contributed by atoms with Crippen LogP contribution < -0.4 is 5.73 Å². The zero-order valence-corrected chi connectivity index (χ0v) is 9.53. The van der Waals surface area contributed by atoms with Crippen molar-refractivity contribution < 1.29 is 27.5 Å². The second-order valence-electron chi connectivity index (χ2n) is 4.05. The van der Waals surface area contributed by atoms with Crippen LogP contribution in [0.4, 0.5) is 13.2 Å². The van der Waals surface area contributed by atoms with Gasteiger partial charge in [0.2, 0.25) is 0 Å². The predicted molar refractivity (Wildman–Crippen MR) is 56.1 cm³/mol. The number of halogens is 3. The molecule has 0 unspecified atom stereocenters. The number of hydrogen-bond donors (Lipinski definition) is 2. The number of nitrogens with zero attached hydrogens (tertiary/aromatic N) is 1. The van der Waals surface area contributed by atoms with Gasteiger partial charge >= 0.3 is 6.36 Å². The summed E-state index contributed by atoms with van der Waals surface area (Å²) in [6.07, 6.45) is -5.75. The first-order chi connectivity index (χ1) is 8.76. The third-order valence-corrected chi connectivity index (χ3v) is 2.62. The van der Waals surface area contributed by atoms with Gasteiger partial charge < -0.3 is 15.6 Å². The van der Waals surface area contributed by atoms with Gasteiger partial charge in [0.25, 0.3) is 11.8 Å².